The van der Waals surface area contributed by atoms with Crippen LogP contribution in [0.4, 0.5) is 0 Å². The lowest BCUT2D eigenvalue weighted by molar-refractivity contribution is 0.329. The molecule has 0 spiro atoms. The molecule has 2 aromatic carbocycles. The molecule has 1 aromatic heterocycles. The maximum Gasteiger partial charge on any atom is 0.343 e. The highest BCUT2D eigenvalue weighted by atomic mass is 35.5. The summed E-state index contributed by atoms with van der Waals surface area (Å²) in [5, 5.41) is 1.06. The monoisotopic (exact) mass is 377 g/mol. The number of aromatic nitrogens is 1. The van der Waals surface area contributed by atoms with Gasteiger partial charge in [-0.05, 0) is 44.2 Å². The summed E-state index contributed by atoms with van der Waals surface area (Å²) >= 11 is 5.95. The second kappa shape index (κ2) is 6.90. The third kappa shape index (κ3) is 3.70. The zero-order chi connectivity index (χ0) is 18.0. The van der Waals surface area contributed by atoms with E-state index in [2.05, 4.69) is 4.98 Å². The molecule has 7 heteroatoms. The predicted molar refractivity (Wildman–Crippen MR) is 96.9 cm³/mol. The minimum atomic E-state index is -4.14. The highest BCUT2D eigenvalue weighted by Gasteiger charge is 2.24. The summed E-state index contributed by atoms with van der Waals surface area (Å²) in [5.41, 5.74) is 1.24. The van der Waals surface area contributed by atoms with E-state index in [1.165, 1.54) is 12.1 Å². The average Bonchev–Trinajstić information content (AvgIpc) is 2.57. The van der Waals surface area contributed by atoms with Crippen LogP contribution in [0.2, 0.25) is 5.02 Å². The SMILES string of the molecule is CCOc1ccc(Cl)cc1S(=O)(=O)Oc1cccc2ccc(C)nc12. The molecule has 5 nitrogen and oxygen atoms in total. The van der Waals surface area contributed by atoms with Crippen molar-refractivity contribution < 1.29 is 17.3 Å². The molecule has 0 fully saturated rings. The van der Waals surface area contributed by atoms with Crippen molar-refractivity contribution >= 4 is 32.6 Å². The number of ether oxygens (including phenoxy) is 1. The van der Waals surface area contributed by atoms with E-state index in [0.717, 1.165) is 11.1 Å². The summed E-state index contributed by atoms with van der Waals surface area (Å²) in [7, 11) is -4.14. The number of hydrogen-bond acceptors (Lipinski definition) is 5. The van der Waals surface area contributed by atoms with Crippen LogP contribution in [0.5, 0.6) is 11.5 Å². The van der Waals surface area contributed by atoms with Crippen molar-refractivity contribution in [2.75, 3.05) is 6.61 Å². The van der Waals surface area contributed by atoms with Gasteiger partial charge in [-0.1, -0.05) is 29.8 Å². The van der Waals surface area contributed by atoms with E-state index in [9.17, 15) is 8.42 Å². The van der Waals surface area contributed by atoms with E-state index in [1.54, 1.807) is 25.1 Å². The molecule has 3 aromatic rings. The summed E-state index contributed by atoms with van der Waals surface area (Å²) in [6.45, 7) is 3.91. The molecule has 3 rings (SSSR count). The predicted octanol–water partition coefficient (Wildman–Crippen LogP) is 4.36. The average molecular weight is 378 g/mol. The van der Waals surface area contributed by atoms with Gasteiger partial charge in [0.1, 0.15) is 16.2 Å². The molecule has 0 amide bonds. The van der Waals surface area contributed by atoms with Crippen LogP contribution in [0.3, 0.4) is 0 Å². The lowest BCUT2D eigenvalue weighted by atomic mass is 10.2. The van der Waals surface area contributed by atoms with Gasteiger partial charge in [0, 0.05) is 16.1 Å². The fourth-order valence-electron chi connectivity index (χ4n) is 2.40. The highest BCUT2D eigenvalue weighted by molar-refractivity contribution is 7.87. The molecule has 1 heterocycles. The maximum atomic E-state index is 12.8. The van der Waals surface area contributed by atoms with Gasteiger partial charge in [0.2, 0.25) is 0 Å². The molecule has 0 N–H and O–H groups in total. The molecule has 130 valence electrons. The van der Waals surface area contributed by atoms with Crippen molar-refractivity contribution in [1.29, 1.82) is 0 Å². The Morgan fingerprint density at radius 3 is 2.64 bits per heavy atom. The lowest BCUT2D eigenvalue weighted by Crippen LogP contribution is -2.12. The number of nitrogens with zero attached hydrogens (tertiary/aromatic N) is 1. The quantitative estimate of drug-likeness (QED) is 0.618. The third-order valence-corrected chi connectivity index (χ3v) is 4.99. The van der Waals surface area contributed by atoms with Crippen LogP contribution in [-0.2, 0) is 10.1 Å². The maximum absolute atomic E-state index is 12.8. The molecule has 0 saturated heterocycles. The van der Waals surface area contributed by atoms with Crippen molar-refractivity contribution in [2.24, 2.45) is 0 Å². The summed E-state index contributed by atoms with van der Waals surface area (Å²) in [6.07, 6.45) is 0. The normalized spacial score (nSPS) is 11.5. The van der Waals surface area contributed by atoms with Crippen LogP contribution < -0.4 is 8.92 Å². The zero-order valence-corrected chi connectivity index (χ0v) is 15.3. The second-order valence-electron chi connectivity index (χ2n) is 5.34. The molecule has 0 aliphatic rings. The minimum absolute atomic E-state index is 0.119. The molecule has 0 aliphatic heterocycles. The van der Waals surface area contributed by atoms with Gasteiger partial charge in [0.05, 0.1) is 6.61 Å². The van der Waals surface area contributed by atoms with Crippen LogP contribution >= 0.6 is 11.6 Å². The number of pyridine rings is 1. The van der Waals surface area contributed by atoms with Crippen LogP contribution in [0.15, 0.2) is 53.4 Å². The second-order valence-corrected chi connectivity index (χ2v) is 7.29. The number of hydrogen-bond donors (Lipinski definition) is 0. The van der Waals surface area contributed by atoms with E-state index in [1.807, 2.05) is 25.1 Å². The Bertz CT molecular complexity index is 1030. The first-order chi connectivity index (χ1) is 11.9. The fourth-order valence-corrected chi connectivity index (χ4v) is 3.74. The lowest BCUT2D eigenvalue weighted by Gasteiger charge is -2.13. The first kappa shape index (κ1) is 17.5. The van der Waals surface area contributed by atoms with Gasteiger partial charge in [-0.3, -0.25) is 0 Å². The Balaban J connectivity index is 2.09. The van der Waals surface area contributed by atoms with Gasteiger partial charge in [0.25, 0.3) is 0 Å². The Labute approximate surface area is 151 Å². The number of aryl methyl sites for hydroxylation is 1. The van der Waals surface area contributed by atoms with Crippen LogP contribution in [0.25, 0.3) is 10.9 Å². The molecule has 0 bridgehead atoms. The van der Waals surface area contributed by atoms with E-state index in [4.69, 9.17) is 20.5 Å². The molecule has 0 saturated carbocycles. The van der Waals surface area contributed by atoms with E-state index >= 15 is 0 Å². The van der Waals surface area contributed by atoms with Crippen molar-refractivity contribution in [3.8, 4) is 11.5 Å². The molecular formula is C18H16ClNO4S. The van der Waals surface area contributed by atoms with E-state index in [-0.39, 0.29) is 21.4 Å². The molecule has 0 atom stereocenters. The van der Waals surface area contributed by atoms with E-state index in [0.29, 0.717) is 12.1 Å². The fraction of sp³-hybridized carbons (Fsp3) is 0.167. The van der Waals surface area contributed by atoms with Crippen molar-refractivity contribution in [3.05, 3.63) is 59.2 Å². The topological polar surface area (TPSA) is 65.5 Å². The molecular weight excluding hydrogens is 362 g/mol. The van der Waals surface area contributed by atoms with Crippen LogP contribution in [0.1, 0.15) is 12.6 Å². The Morgan fingerprint density at radius 1 is 1.08 bits per heavy atom. The van der Waals surface area contributed by atoms with E-state index < -0.39 is 10.1 Å². The standard InChI is InChI=1S/C18H16ClNO4S/c1-3-23-15-10-9-14(19)11-17(15)25(21,22)24-16-6-4-5-13-8-7-12(2)20-18(13)16/h4-11H,3H2,1-2H3. The largest absolute Gasteiger partial charge is 0.492 e. The first-order valence-corrected chi connectivity index (χ1v) is 9.42. The smallest absolute Gasteiger partial charge is 0.343 e. The van der Waals surface area contributed by atoms with Gasteiger partial charge in [-0.2, -0.15) is 8.42 Å². The number of para-hydroxylation sites is 1. The van der Waals surface area contributed by atoms with Gasteiger partial charge < -0.3 is 8.92 Å². The van der Waals surface area contributed by atoms with Crippen LogP contribution in [-0.4, -0.2) is 20.0 Å². The number of halogens is 1. The zero-order valence-electron chi connectivity index (χ0n) is 13.7. The number of benzene rings is 2. The van der Waals surface area contributed by atoms with Gasteiger partial charge in [-0.25, -0.2) is 4.98 Å². The van der Waals surface area contributed by atoms with Gasteiger partial charge in [-0.15, -0.1) is 0 Å². The Kier molecular flexibility index (Phi) is 4.83. The van der Waals surface area contributed by atoms with Crippen molar-refractivity contribution in [3.63, 3.8) is 0 Å². The minimum Gasteiger partial charge on any atom is -0.492 e. The van der Waals surface area contributed by atoms with Crippen molar-refractivity contribution in [2.45, 2.75) is 18.7 Å². The summed E-state index contributed by atoms with van der Waals surface area (Å²) in [4.78, 5) is 4.26. The number of fused-ring (bicyclic) bond motifs is 1. The van der Waals surface area contributed by atoms with Crippen LogP contribution in [0, 0.1) is 6.92 Å². The molecule has 0 aliphatic carbocycles. The summed E-state index contributed by atoms with van der Waals surface area (Å²) < 4.78 is 36.3. The number of rotatable bonds is 5. The summed E-state index contributed by atoms with van der Waals surface area (Å²) in [5.74, 6) is 0.347. The van der Waals surface area contributed by atoms with Gasteiger partial charge >= 0.3 is 10.1 Å². The summed E-state index contributed by atoms with van der Waals surface area (Å²) in [6, 6.07) is 13.2. The first-order valence-electron chi connectivity index (χ1n) is 7.64. The Hall–Kier alpha value is -2.31. The third-order valence-electron chi connectivity index (χ3n) is 3.50. The molecule has 25 heavy (non-hydrogen) atoms. The highest BCUT2D eigenvalue weighted by Crippen LogP contribution is 2.32. The molecule has 0 unspecified atom stereocenters. The van der Waals surface area contributed by atoms with Gasteiger partial charge in [0.15, 0.2) is 5.75 Å². The Morgan fingerprint density at radius 2 is 1.88 bits per heavy atom. The molecule has 0 radical (unpaired) electrons. The van der Waals surface area contributed by atoms with Crippen molar-refractivity contribution in [1.82, 2.24) is 4.98 Å².